The fourth-order valence-corrected chi connectivity index (χ4v) is 1.83. The Morgan fingerprint density at radius 3 is 2.89 bits per heavy atom. The summed E-state index contributed by atoms with van der Waals surface area (Å²) in [6.45, 7) is 2.80. The minimum Gasteiger partial charge on any atom is -0.497 e. The van der Waals surface area contributed by atoms with Crippen LogP contribution in [0.4, 0.5) is 11.5 Å². The van der Waals surface area contributed by atoms with E-state index >= 15 is 0 Å². The summed E-state index contributed by atoms with van der Waals surface area (Å²) in [6.07, 6.45) is 2.60. The molecule has 0 aliphatic carbocycles. The molecule has 3 N–H and O–H groups in total. The zero-order valence-electron chi connectivity index (χ0n) is 11.3. The van der Waals surface area contributed by atoms with E-state index in [-0.39, 0.29) is 0 Å². The van der Waals surface area contributed by atoms with Gasteiger partial charge in [-0.15, -0.1) is 0 Å². The second-order valence-electron chi connectivity index (χ2n) is 4.45. The van der Waals surface area contributed by atoms with Gasteiger partial charge in [-0.1, -0.05) is 12.1 Å². The maximum absolute atomic E-state index is 5.74. The van der Waals surface area contributed by atoms with Gasteiger partial charge >= 0.3 is 0 Å². The number of rotatable bonds is 5. The first kappa shape index (κ1) is 13.2. The standard InChI is InChI=1S/C15H19N3O/c1-11-8-15(18-10-14(11)16)17-7-6-12-4-3-5-13(9-12)19-2/h3-5,8-10H,6-7,16H2,1-2H3,(H,17,18). The number of aryl methyl sites for hydroxylation is 1. The van der Waals surface area contributed by atoms with Crippen LogP contribution in [0.2, 0.25) is 0 Å². The molecule has 4 nitrogen and oxygen atoms in total. The number of ether oxygens (including phenoxy) is 1. The third-order valence-corrected chi connectivity index (χ3v) is 3.01. The van der Waals surface area contributed by atoms with Crippen LogP contribution in [0.25, 0.3) is 0 Å². The largest absolute Gasteiger partial charge is 0.497 e. The second kappa shape index (κ2) is 6.09. The highest BCUT2D eigenvalue weighted by Crippen LogP contribution is 2.15. The molecule has 0 amide bonds. The Morgan fingerprint density at radius 2 is 2.16 bits per heavy atom. The summed E-state index contributed by atoms with van der Waals surface area (Å²) in [4.78, 5) is 4.24. The van der Waals surface area contributed by atoms with Crippen molar-refractivity contribution in [2.75, 3.05) is 24.7 Å². The van der Waals surface area contributed by atoms with Gasteiger partial charge in [-0.2, -0.15) is 0 Å². The fraction of sp³-hybridized carbons (Fsp3) is 0.267. The van der Waals surface area contributed by atoms with Crippen molar-refractivity contribution in [3.63, 3.8) is 0 Å². The molecular formula is C15H19N3O. The van der Waals surface area contributed by atoms with E-state index in [2.05, 4.69) is 16.4 Å². The fourth-order valence-electron chi connectivity index (χ4n) is 1.83. The predicted octanol–water partition coefficient (Wildman–Crippen LogP) is 2.64. The van der Waals surface area contributed by atoms with Crippen LogP contribution >= 0.6 is 0 Å². The van der Waals surface area contributed by atoms with Gasteiger partial charge in [-0.3, -0.25) is 0 Å². The lowest BCUT2D eigenvalue weighted by molar-refractivity contribution is 0.414. The van der Waals surface area contributed by atoms with Crippen LogP contribution in [0.15, 0.2) is 36.5 Å². The molecule has 2 rings (SSSR count). The zero-order valence-corrected chi connectivity index (χ0v) is 11.3. The molecule has 0 unspecified atom stereocenters. The number of anilines is 2. The normalized spacial score (nSPS) is 10.2. The molecule has 4 heteroatoms. The first-order valence-electron chi connectivity index (χ1n) is 6.28. The zero-order chi connectivity index (χ0) is 13.7. The smallest absolute Gasteiger partial charge is 0.126 e. The van der Waals surface area contributed by atoms with Crippen LogP contribution in [-0.4, -0.2) is 18.6 Å². The summed E-state index contributed by atoms with van der Waals surface area (Å²) in [5.41, 5.74) is 8.73. The third-order valence-electron chi connectivity index (χ3n) is 3.01. The number of nitrogens with zero attached hydrogens (tertiary/aromatic N) is 1. The number of hydrogen-bond acceptors (Lipinski definition) is 4. The molecule has 1 aromatic carbocycles. The Hall–Kier alpha value is -2.23. The Morgan fingerprint density at radius 1 is 1.32 bits per heavy atom. The minimum absolute atomic E-state index is 0.721. The lowest BCUT2D eigenvalue weighted by Crippen LogP contribution is -2.07. The van der Waals surface area contributed by atoms with E-state index in [0.29, 0.717) is 0 Å². The number of nitrogens with two attached hydrogens (primary N) is 1. The molecule has 0 atom stereocenters. The number of nitrogens with one attached hydrogen (secondary N) is 1. The minimum atomic E-state index is 0.721. The molecule has 0 aliphatic heterocycles. The number of methoxy groups -OCH3 is 1. The van der Waals surface area contributed by atoms with Crippen molar-refractivity contribution >= 4 is 11.5 Å². The van der Waals surface area contributed by atoms with Crippen molar-refractivity contribution in [3.8, 4) is 5.75 Å². The molecule has 1 aromatic heterocycles. The quantitative estimate of drug-likeness (QED) is 0.864. The van der Waals surface area contributed by atoms with Crippen molar-refractivity contribution < 1.29 is 4.74 Å². The van der Waals surface area contributed by atoms with Gasteiger partial charge in [-0.05, 0) is 42.7 Å². The monoisotopic (exact) mass is 257 g/mol. The van der Waals surface area contributed by atoms with Crippen LogP contribution in [0, 0.1) is 6.92 Å². The number of nitrogen functional groups attached to an aromatic ring is 1. The van der Waals surface area contributed by atoms with E-state index < -0.39 is 0 Å². The lowest BCUT2D eigenvalue weighted by atomic mass is 10.1. The van der Waals surface area contributed by atoms with E-state index in [1.807, 2.05) is 31.2 Å². The van der Waals surface area contributed by atoms with Gasteiger partial charge in [0.15, 0.2) is 0 Å². The average Bonchev–Trinajstić information content (AvgIpc) is 2.43. The van der Waals surface area contributed by atoms with Crippen LogP contribution < -0.4 is 15.8 Å². The maximum atomic E-state index is 5.74. The predicted molar refractivity (Wildman–Crippen MR) is 78.6 cm³/mol. The number of pyridine rings is 1. The van der Waals surface area contributed by atoms with Gasteiger partial charge in [0, 0.05) is 6.54 Å². The number of aromatic nitrogens is 1. The van der Waals surface area contributed by atoms with E-state index in [4.69, 9.17) is 10.5 Å². The summed E-state index contributed by atoms with van der Waals surface area (Å²) in [5, 5.41) is 3.29. The molecular weight excluding hydrogens is 238 g/mol. The molecule has 2 aromatic rings. The van der Waals surface area contributed by atoms with Crippen molar-refractivity contribution in [1.29, 1.82) is 0 Å². The molecule has 0 spiro atoms. The topological polar surface area (TPSA) is 60.2 Å². The second-order valence-corrected chi connectivity index (χ2v) is 4.45. The molecule has 0 bridgehead atoms. The molecule has 0 fully saturated rings. The van der Waals surface area contributed by atoms with Crippen molar-refractivity contribution in [1.82, 2.24) is 4.98 Å². The molecule has 1 heterocycles. The van der Waals surface area contributed by atoms with Gasteiger partial charge in [0.2, 0.25) is 0 Å². The Balaban J connectivity index is 1.90. The summed E-state index contributed by atoms with van der Waals surface area (Å²) in [7, 11) is 1.68. The van der Waals surface area contributed by atoms with E-state index in [1.54, 1.807) is 13.3 Å². The molecule has 0 saturated heterocycles. The Labute approximate surface area is 113 Å². The highest BCUT2D eigenvalue weighted by molar-refractivity contribution is 5.50. The van der Waals surface area contributed by atoms with Gasteiger partial charge < -0.3 is 15.8 Å². The van der Waals surface area contributed by atoms with Crippen LogP contribution in [0.5, 0.6) is 5.75 Å². The van der Waals surface area contributed by atoms with E-state index in [0.717, 1.165) is 35.8 Å². The van der Waals surface area contributed by atoms with Gasteiger partial charge in [0.1, 0.15) is 11.6 Å². The molecule has 0 aliphatic rings. The van der Waals surface area contributed by atoms with Gasteiger partial charge in [0.05, 0.1) is 19.0 Å². The molecule has 0 saturated carbocycles. The number of hydrogen-bond donors (Lipinski definition) is 2. The van der Waals surface area contributed by atoms with Crippen LogP contribution in [0.1, 0.15) is 11.1 Å². The Bertz CT molecular complexity index is 555. The van der Waals surface area contributed by atoms with Crippen LogP contribution in [-0.2, 0) is 6.42 Å². The van der Waals surface area contributed by atoms with Crippen molar-refractivity contribution in [2.24, 2.45) is 0 Å². The maximum Gasteiger partial charge on any atom is 0.126 e. The SMILES string of the molecule is COc1cccc(CCNc2cc(C)c(N)cn2)c1. The average molecular weight is 257 g/mol. The first-order valence-corrected chi connectivity index (χ1v) is 6.28. The summed E-state index contributed by atoms with van der Waals surface area (Å²) in [5.74, 6) is 1.74. The summed E-state index contributed by atoms with van der Waals surface area (Å²) in [6, 6.07) is 10.0. The lowest BCUT2D eigenvalue weighted by Gasteiger charge is -2.08. The van der Waals surface area contributed by atoms with Gasteiger partial charge in [0.25, 0.3) is 0 Å². The third kappa shape index (κ3) is 3.61. The summed E-state index contributed by atoms with van der Waals surface area (Å²) < 4.78 is 5.20. The highest BCUT2D eigenvalue weighted by Gasteiger charge is 1.99. The number of benzene rings is 1. The first-order chi connectivity index (χ1) is 9.19. The molecule has 0 radical (unpaired) electrons. The summed E-state index contributed by atoms with van der Waals surface area (Å²) >= 11 is 0. The molecule has 19 heavy (non-hydrogen) atoms. The highest BCUT2D eigenvalue weighted by atomic mass is 16.5. The van der Waals surface area contributed by atoms with Gasteiger partial charge in [-0.25, -0.2) is 4.98 Å². The molecule has 100 valence electrons. The van der Waals surface area contributed by atoms with Crippen molar-refractivity contribution in [2.45, 2.75) is 13.3 Å². The Kier molecular flexibility index (Phi) is 4.23. The van der Waals surface area contributed by atoms with Crippen LogP contribution in [0.3, 0.4) is 0 Å². The van der Waals surface area contributed by atoms with E-state index in [9.17, 15) is 0 Å². The van der Waals surface area contributed by atoms with E-state index in [1.165, 1.54) is 5.56 Å². The van der Waals surface area contributed by atoms with Crippen molar-refractivity contribution in [3.05, 3.63) is 47.7 Å².